The maximum absolute atomic E-state index is 12.4. The summed E-state index contributed by atoms with van der Waals surface area (Å²) < 4.78 is 1.62. The van der Waals surface area contributed by atoms with Crippen LogP contribution in [0.25, 0.3) is 0 Å². The van der Waals surface area contributed by atoms with E-state index >= 15 is 0 Å². The smallest absolute Gasteiger partial charge is 0.254 e. The Bertz CT molecular complexity index is 806. The van der Waals surface area contributed by atoms with E-state index in [1.54, 1.807) is 4.57 Å². The standard InChI is InChI=1S/C17H19N3O2S/c1-10-6-11(2)16(12(3)7-10)19-14(21)8-13-9-23-17-18-5-4-15(22)20(13)17/h4-7,13H,8-9H2,1-3H3,(H,19,21). The van der Waals surface area contributed by atoms with Crippen LogP contribution in [0.1, 0.15) is 29.2 Å². The molecule has 2 aromatic rings. The van der Waals surface area contributed by atoms with Gasteiger partial charge in [0.2, 0.25) is 5.91 Å². The number of rotatable bonds is 3. The average molecular weight is 329 g/mol. The molecule has 1 aromatic carbocycles. The van der Waals surface area contributed by atoms with Gasteiger partial charge in [0.25, 0.3) is 5.56 Å². The van der Waals surface area contributed by atoms with Gasteiger partial charge in [-0.1, -0.05) is 29.5 Å². The lowest BCUT2D eigenvalue weighted by atomic mass is 10.0. The van der Waals surface area contributed by atoms with Crippen LogP contribution in [0.3, 0.4) is 0 Å². The molecule has 0 fully saturated rings. The molecule has 3 rings (SSSR count). The number of hydrogen-bond acceptors (Lipinski definition) is 4. The van der Waals surface area contributed by atoms with Crippen molar-refractivity contribution < 1.29 is 4.79 Å². The molecule has 1 aliphatic rings. The van der Waals surface area contributed by atoms with Crippen molar-refractivity contribution in [2.24, 2.45) is 0 Å². The van der Waals surface area contributed by atoms with E-state index < -0.39 is 0 Å². The Labute approximate surface area is 139 Å². The first kappa shape index (κ1) is 15.8. The minimum Gasteiger partial charge on any atom is -0.326 e. The number of amides is 1. The maximum atomic E-state index is 12.4. The van der Waals surface area contributed by atoms with Gasteiger partial charge in [-0.25, -0.2) is 4.98 Å². The highest BCUT2D eigenvalue weighted by atomic mass is 32.2. The highest BCUT2D eigenvalue weighted by Gasteiger charge is 2.27. The van der Waals surface area contributed by atoms with Crippen LogP contribution < -0.4 is 10.9 Å². The fourth-order valence-corrected chi connectivity index (χ4v) is 4.14. The van der Waals surface area contributed by atoms with Crippen molar-refractivity contribution in [3.05, 3.63) is 51.4 Å². The van der Waals surface area contributed by atoms with E-state index in [0.717, 1.165) is 16.8 Å². The molecule has 1 aliphatic heterocycles. The normalized spacial score (nSPS) is 16.2. The summed E-state index contributed by atoms with van der Waals surface area (Å²) in [7, 11) is 0. The minimum atomic E-state index is -0.137. The third-order valence-electron chi connectivity index (χ3n) is 3.98. The number of aryl methyl sites for hydroxylation is 3. The van der Waals surface area contributed by atoms with Crippen LogP contribution in [0, 0.1) is 20.8 Å². The van der Waals surface area contributed by atoms with E-state index in [4.69, 9.17) is 0 Å². The van der Waals surface area contributed by atoms with Gasteiger partial charge in [-0.05, 0) is 31.9 Å². The highest BCUT2D eigenvalue weighted by Crippen LogP contribution is 2.32. The number of benzene rings is 1. The zero-order chi connectivity index (χ0) is 16.6. The second-order valence-electron chi connectivity index (χ2n) is 5.93. The fraction of sp³-hybridized carbons (Fsp3) is 0.353. The van der Waals surface area contributed by atoms with Gasteiger partial charge in [-0.3, -0.25) is 14.2 Å². The van der Waals surface area contributed by atoms with Crippen LogP contribution in [-0.4, -0.2) is 21.2 Å². The Hall–Kier alpha value is -2.08. The molecular formula is C17H19N3O2S. The number of aromatic nitrogens is 2. The summed E-state index contributed by atoms with van der Waals surface area (Å²) in [6.45, 7) is 6.02. The highest BCUT2D eigenvalue weighted by molar-refractivity contribution is 7.99. The van der Waals surface area contributed by atoms with E-state index in [1.165, 1.54) is 29.6 Å². The monoisotopic (exact) mass is 329 g/mol. The number of carbonyl (C=O) groups excluding carboxylic acids is 1. The zero-order valence-corrected chi connectivity index (χ0v) is 14.2. The van der Waals surface area contributed by atoms with Crippen LogP contribution in [0.5, 0.6) is 0 Å². The van der Waals surface area contributed by atoms with E-state index in [-0.39, 0.29) is 23.9 Å². The molecule has 1 N–H and O–H groups in total. The summed E-state index contributed by atoms with van der Waals surface area (Å²) in [4.78, 5) is 28.6. The van der Waals surface area contributed by atoms with Crippen molar-refractivity contribution in [1.29, 1.82) is 0 Å². The summed E-state index contributed by atoms with van der Waals surface area (Å²) in [6.07, 6.45) is 1.79. The van der Waals surface area contributed by atoms with E-state index in [2.05, 4.69) is 22.4 Å². The number of hydrogen-bond donors (Lipinski definition) is 1. The SMILES string of the molecule is Cc1cc(C)c(NC(=O)CC2CSc3nccc(=O)n32)c(C)c1. The molecule has 0 saturated carbocycles. The molecule has 2 heterocycles. The first-order chi connectivity index (χ1) is 11.0. The summed E-state index contributed by atoms with van der Waals surface area (Å²) in [5, 5.41) is 3.69. The van der Waals surface area contributed by atoms with Crippen molar-refractivity contribution in [3.63, 3.8) is 0 Å². The molecule has 0 spiro atoms. The summed E-state index contributed by atoms with van der Waals surface area (Å²) in [6, 6.07) is 5.41. The first-order valence-electron chi connectivity index (χ1n) is 7.54. The number of nitrogens with zero attached hydrogens (tertiary/aromatic N) is 2. The molecular weight excluding hydrogens is 310 g/mol. The van der Waals surface area contributed by atoms with Crippen LogP contribution in [0.2, 0.25) is 0 Å². The van der Waals surface area contributed by atoms with Crippen LogP contribution in [0.4, 0.5) is 5.69 Å². The maximum Gasteiger partial charge on any atom is 0.254 e. The fourth-order valence-electron chi connectivity index (χ4n) is 3.02. The molecule has 6 heteroatoms. The van der Waals surface area contributed by atoms with Gasteiger partial charge in [0.1, 0.15) is 0 Å². The van der Waals surface area contributed by atoms with Gasteiger partial charge < -0.3 is 5.32 Å². The van der Waals surface area contributed by atoms with E-state index in [9.17, 15) is 9.59 Å². The molecule has 120 valence electrons. The number of carbonyl (C=O) groups is 1. The molecule has 1 aromatic heterocycles. The number of nitrogens with one attached hydrogen (secondary N) is 1. The first-order valence-corrected chi connectivity index (χ1v) is 8.52. The van der Waals surface area contributed by atoms with Gasteiger partial charge in [0.05, 0.1) is 6.04 Å². The Kier molecular flexibility index (Phi) is 4.26. The molecule has 5 nitrogen and oxygen atoms in total. The van der Waals surface area contributed by atoms with Crippen molar-refractivity contribution in [2.45, 2.75) is 38.4 Å². The topological polar surface area (TPSA) is 64.0 Å². The molecule has 1 atom stereocenters. The largest absolute Gasteiger partial charge is 0.326 e. The van der Waals surface area contributed by atoms with Crippen molar-refractivity contribution in [2.75, 3.05) is 11.1 Å². The van der Waals surface area contributed by atoms with Crippen LogP contribution in [0.15, 0.2) is 34.3 Å². The molecule has 0 aliphatic carbocycles. The predicted molar refractivity (Wildman–Crippen MR) is 92.2 cm³/mol. The lowest BCUT2D eigenvalue weighted by Crippen LogP contribution is -2.27. The Balaban J connectivity index is 1.77. The minimum absolute atomic E-state index is 0.0748. The number of thioether (sulfide) groups is 1. The summed E-state index contributed by atoms with van der Waals surface area (Å²) >= 11 is 1.52. The zero-order valence-electron chi connectivity index (χ0n) is 13.4. The van der Waals surface area contributed by atoms with Crippen molar-refractivity contribution in [3.8, 4) is 0 Å². The van der Waals surface area contributed by atoms with Crippen LogP contribution >= 0.6 is 11.8 Å². The lowest BCUT2D eigenvalue weighted by Gasteiger charge is -2.16. The lowest BCUT2D eigenvalue weighted by molar-refractivity contribution is -0.116. The molecule has 1 amide bonds. The summed E-state index contributed by atoms with van der Waals surface area (Å²) in [5.74, 6) is 0.625. The Morgan fingerprint density at radius 1 is 1.35 bits per heavy atom. The van der Waals surface area contributed by atoms with E-state index in [1.807, 2.05) is 20.8 Å². The molecule has 0 radical (unpaired) electrons. The van der Waals surface area contributed by atoms with Gasteiger partial charge in [0.15, 0.2) is 5.16 Å². The Morgan fingerprint density at radius 3 is 2.74 bits per heavy atom. The number of fused-ring (bicyclic) bond motifs is 1. The average Bonchev–Trinajstić information content (AvgIpc) is 2.87. The molecule has 0 bridgehead atoms. The van der Waals surface area contributed by atoms with Crippen LogP contribution in [-0.2, 0) is 4.79 Å². The second kappa shape index (κ2) is 6.20. The summed E-state index contributed by atoms with van der Waals surface area (Å²) in [5.41, 5.74) is 4.05. The van der Waals surface area contributed by atoms with Gasteiger partial charge in [-0.15, -0.1) is 0 Å². The number of anilines is 1. The molecule has 1 unspecified atom stereocenters. The van der Waals surface area contributed by atoms with Gasteiger partial charge in [-0.2, -0.15) is 0 Å². The second-order valence-corrected chi connectivity index (χ2v) is 6.91. The predicted octanol–water partition coefficient (Wildman–Crippen LogP) is 2.84. The van der Waals surface area contributed by atoms with Crippen molar-refractivity contribution >= 4 is 23.4 Å². The quantitative estimate of drug-likeness (QED) is 0.880. The van der Waals surface area contributed by atoms with Gasteiger partial charge >= 0.3 is 0 Å². The molecule has 0 saturated heterocycles. The molecule has 23 heavy (non-hydrogen) atoms. The van der Waals surface area contributed by atoms with E-state index in [0.29, 0.717) is 10.9 Å². The van der Waals surface area contributed by atoms with Gasteiger partial charge in [0, 0.05) is 30.1 Å². The third kappa shape index (κ3) is 3.17. The Morgan fingerprint density at radius 2 is 2.04 bits per heavy atom. The third-order valence-corrected chi connectivity index (χ3v) is 5.09. The van der Waals surface area contributed by atoms with Crippen molar-refractivity contribution in [1.82, 2.24) is 9.55 Å².